The van der Waals surface area contributed by atoms with Gasteiger partial charge in [0.1, 0.15) is 6.20 Å². The minimum absolute atomic E-state index is 0.137. The fraction of sp³-hybridized carbons (Fsp3) is 0.240. The van der Waals surface area contributed by atoms with Crippen LogP contribution in [0.4, 0.5) is 0 Å². The Kier molecular flexibility index (Phi) is 5.49. The molecule has 1 amide bonds. The molecule has 0 aliphatic carbocycles. The van der Waals surface area contributed by atoms with Crippen molar-refractivity contribution in [1.29, 1.82) is 0 Å². The van der Waals surface area contributed by atoms with Crippen molar-refractivity contribution in [3.8, 4) is 5.82 Å². The van der Waals surface area contributed by atoms with E-state index in [2.05, 4.69) is 45.7 Å². The van der Waals surface area contributed by atoms with Crippen LogP contribution in [0.2, 0.25) is 0 Å². The molecule has 4 heterocycles. The van der Waals surface area contributed by atoms with Crippen molar-refractivity contribution < 1.29 is 13.9 Å². The zero-order chi connectivity index (χ0) is 22.1. The van der Waals surface area contributed by atoms with Gasteiger partial charge in [-0.05, 0) is 51.5 Å². The van der Waals surface area contributed by atoms with Gasteiger partial charge in [0, 0.05) is 31.6 Å². The summed E-state index contributed by atoms with van der Waals surface area (Å²) >= 11 is 1.77. The maximum Gasteiger partial charge on any atom is 0.346 e. The molecular weight excluding hydrogens is 418 g/mol. The number of carbonyl (C=O) groups is 1. The third kappa shape index (κ3) is 4.03. The van der Waals surface area contributed by atoms with Crippen LogP contribution in [-0.4, -0.2) is 33.9 Å². The van der Waals surface area contributed by atoms with Crippen molar-refractivity contribution in [3.63, 3.8) is 0 Å². The Balaban J connectivity index is 1.29. The summed E-state index contributed by atoms with van der Waals surface area (Å²) in [4.78, 5) is 23.5. The van der Waals surface area contributed by atoms with Crippen molar-refractivity contribution >= 4 is 32.9 Å². The van der Waals surface area contributed by atoms with Crippen LogP contribution in [0.1, 0.15) is 23.4 Å². The molecule has 5 rings (SSSR count). The Hall–Kier alpha value is -3.45. The quantitative estimate of drug-likeness (QED) is 0.455. The minimum atomic E-state index is 0.137. The standard InChI is InChI=1S/C25H25N5OS/c1-18-16-30(24-14-26-8-9-27-24)19(2)15-29(18)17-25(31)28-10-5-20(6-11-28)21-3-4-23-22(13-21)7-12-32-23/h3-5,7-9,12-16H,6,10-11,17H2,1-2H3/q+2. The van der Waals surface area contributed by atoms with Crippen LogP contribution in [0.5, 0.6) is 0 Å². The second-order valence-corrected chi connectivity index (χ2v) is 9.04. The molecule has 0 atom stereocenters. The first-order valence-corrected chi connectivity index (χ1v) is 11.6. The number of benzene rings is 1. The highest BCUT2D eigenvalue weighted by Gasteiger charge is 2.24. The van der Waals surface area contributed by atoms with Crippen LogP contribution in [0.3, 0.4) is 0 Å². The maximum absolute atomic E-state index is 13.0. The average Bonchev–Trinajstić information content (AvgIpc) is 3.30. The van der Waals surface area contributed by atoms with E-state index >= 15 is 0 Å². The number of fused-ring (bicyclic) bond motifs is 1. The van der Waals surface area contributed by atoms with Crippen LogP contribution in [0.25, 0.3) is 21.5 Å². The lowest BCUT2D eigenvalue weighted by Crippen LogP contribution is -2.51. The van der Waals surface area contributed by atoms with Crippen LogP contribution in [0, 0.1) is 13.8 Å². The summed E-state index contributed by atoms with van der Waals surface area (Å²) in [5.74, 6) is 0.902. The van der Waals surface area contributed by atoms with Crippen molar-refractivity contribution in [1.82, 2.24) is 14.9 Å². The summed E-state index contributed by atoms with van der Waals surface area (Å²) in [6.07, 6.45) is 12.2. The molecule has 0 spiro atoms. The lowest BCUT2D eigenvalue weighted by Gasteiger charge is -2.26. The molecule has 0 radical (unpaired) electrons. The molecule has 1 aliphatic heterocycles. The fourth-order valence-corrected chi connectivity index (χ4v) is 4.93. The number of aromatic nitrogens is 4. The zero-order valence-electron chi connectivity index (χ0n) is 18.2. The Morgan fingerprint density at radius 3 is 2.84 bits per heavy atom. The molecular formula is C25H25N5OS+2. The smallest absolute Gasteiger partial charge is 0.333 e. The number of carbonyl (C=O) groups excluding carboxylic acids is 1. The Bertz CT molecular complexity index is 1330. The van der Waals surface area contributed by atoms with E-state index in [1.54, 1.807) is 29.9 Å². The molecule has 3 aromatic heterocycles. The van der Waals surface area contributed by atoms with Crippen molar-refractivity contribution in [3.05, 3.63) is 83.7 Å². The molecule has 32 heavy (non-hydrogen) atoms. The molecule has 6 nitrogen and oxygen atoms in total. The monoisotopic (exact) mass is 443 g/mol. The van der Waals surface area contributed by atoms with E-state index in [-0.39, 0.29) is 5.91 Å². The van der Waals surface area contributed by atoms with Gasteiger partial charge in [0.05, 0.1) is 6.20 Å². The Morgan fingerprint density at radius 1 is 1.16 bits per heavy atom. The van der Waals surface area contributed by atoms with Gasteiger partial charge in [-0.15, -0.1) is 11.3 Å². The largest absolute Gasteiger partial charge is 0.346 e. The second kappa shape index (κ2) is 8.59. The van der Waals surface area contributed by atoms with Gasteiger partial charge in [0.25, 0.3) is 5.91 Å². The Labute approximate surface area is 191 Å². The van der Waals surface area contributed by atoms with Gasteiger partial charge >= 0.3 is 5.82 Å². The maximum atomic E-state index is 13.0. The number of aryl methyl sites for hydroxylation is 2. The van der Waals surface area contributed by atoms with Gasteiger partial charge in [-0.1, -0.05) is 12.1 Å². The van der Waals surface area contributed by atoms with E-state index < -0.39 is 0 Å². The molecule has 0 saturated heterocycles. The van der Waals surface area contributed by atoms with Crippen molar-refractivity contribution in [2.24, 2.45) is 0 Å². The highest BCUT2D eigenvalue weighted by atomic mass is 32.1. The predicted molar refractivity (Wildman–Crippen MR) is 124 cm³/mol. The van der Waals surface area contributed by atoms with Crippen molar-refractivity contribution in [2.45, 2.75) is 26.8 Å². The number of nitrogens with zero attached hydrogens (tertiary/aromatic N) is 5. The predicted octanol–water partition coefficient (Wildman–Crippen LogP) is 3.19. The third-order valence-electron chi connectivity index (χ3n) is 5.98. The number of rotatable bonds is 4. The van der Waals surface area contributed by atoms with Gasteiger partial charge < -0.3 is 4.90 Å². The number of hydrogen-bond acceptors (Lipinski definition) is 4. The highest BCUT2D eigenvalue weighted by Crippen LogP contribution is 2.28. The Morgan fingerprint density at radius 2 is 2.06 bits per heavy atom. The van der Waals surface area contributed by atoms with E-state index in [9.17, 15) is 4.79 Å². The SMILES string of the molecule is Cc1c[n+](-c2cnccn2)c(C)c[n+]1CC(=O)N1CC=C(c2ccc3sccc3c2)CC1. The fourth-order valence-electron chi connectivity index (χ4n) is 4.16. The zero-order valence-corrected chi connectivity index (χ0v) is 19.0. The van der Waals surface area contributed by atoms with E-state index in [4.69, 9.17) is 0 Å². The van der Waals surface area contributed by atoms with Gasteiger partial charge in [0.15, 0.2) is 18.1 Å². The van der Waals surface area contributed by atoms with Gasteiger partial charge in [-0.25, -0.2) is 0 Å². The second-order valence-electron chi connectivity index (χ2n) is 8.09. The summed E-state index contributed by atoms with van der Waals surface area (Å²) in [6, 6.07) is 8.81. The highest BCUT2D eigenvalue weighted by molar-refractivity contribution is 7.17. The lowest BCUT2D eigenvalue weighted by atomic mass is 9.98. The topological polar surface area (TPSA) is 53.9 Å². The summed E-state index contributed by atoms with van der Waals surface area (Å²) in [5.41, 5.74) is 4.58. The summed E-state index contributed by atoms with van der Waals surface area (Å²) < 4.78 is 5.31. The number of amides is 1. The van der Waals surface area contributed by atoms with Crippen LogP contribution in [-0.2, 0) is 11.3 Å². The molecule has 7 heteroatoms. The number of thiophene rings is 1. The molecule has 0 bridgehead atoms. The van der Waals surface area contributed by atoms with E-state index in [1.807, 2.05) is 40.3 Å². The van der Waals surface area contributed by atoms with Crippen LogP contribution >= 0.6 is 11.3 Å². The molecule has 4 aromatic rings. The molecule has 160 valence electrons. The summed E-state index contributed by atoms with van der Waals surface area (Å²) in [7, 11) is 0. The normalized spacial score (nSPS) is 13.9. The number of hydrogen-bond donors (Lipinski definition) is 0. The molecule has 0 unspecified atom stereocenters. The minimum Gasteiger partial charge on any atom is -0.333 e. The van der Waals surface area contributed by atoms with Gasteiger partial charge in [-0.3, -0.25) is 9.78 Å². The van der Waals surface area contributed by atoms with E-state index in [1.165, 1.54) is 21.2 Å². The van der Waals surface area contributed by atoms with Crippen LogP contribution in [0.15, 0.2) is 66.7 Å². The molecule has 1 aliphatic rings. The summed E-state index contributed by atoms with van der Waals surface area (Å²) in [6.45, 7) is 5.75. The molecule has 0 fully saturated rings. The third-order valence-corrected chi connectivity index (χ3v) is 6.88. The first-order chi connectivity index (χ1) is 15.6. The summed E-state index contributed by atoms with van der Waals surface area (Å²) in [5, 5.41) is 3.42. The van der Waals surface area contributed by atoms with Gasteiger partial charge in [0.2, 0.25) is 18.4 Å². The van der Waals surface area contributed by atoms with Crippen LogP contribution < -0.4 is 9.13 Å². The van der Waals surface area contributed by atoms with E-state index in [0.29, 0.717) is 13.1 Å². The van der Waals surface area contributed by atoms with E-state index in [0.717, 1.165) is 30.2 Å². The lowest BCUT2D eigenvalue weighted by molar-refractivity contribution is -0.721. The first-order valence-electron chi connectivity index (χ1n) is 10.7. The molecule has 1 aromatic carbocycles. The van der Waals surface area contributed by atoms with Crippen molar-refractivity contribution in [2.75, 3.05) is 13.1 Å². The average molecular weight is 444 g/mol. The van der Waals surface area contributed by atoms with Gasteiger partial charge in [-0.2, -0.15) is 9.13 Å². The molecule has 0 N–H and O–H groups in total. The first kappa shape index (κ1) is 20.5. The molecule has 0 saturated carbocycles.